The van der Waals surface area contributed by atoms with Crippen LogP contribution in [0.25, 0.3) is 0 Å². The molecule has 12 heteroatoms. The lowest BCUT2D eigenvalue weighted by Gasteiger charge is -2.36. The maximum absolute atomic E-state index is 13.5. The van der Waals surface area contributed by atoms with Gasteiger partial charge in [-0.25, -0.2) is 14.8 Å². The van der Waals surface area contributed by atoms with E-state index in [9.17, 15) is 22.8 Å². The molecule has 0 radical (unpaired) electrons. The molecule has 3 heterocycles. The Morgan fingerprint density at radius 3 is 2.27 bits per heavy atom. The number of amides is 3. The fourth-order valence-electron chi connectivity index (χ4n) is 4.77. The molecule has 1 aromatic heterocycles. The van der Waals surface area contributed by atoms with Gasteiger partial charge in [-0.2, -0.15) is 13.2 Å². The van der Waals surface area contributed by atoms with Crippen LogP contribution in [0.15, 0.2) is 36.4 Å². The van der Waals surface area contributed by atoms with Gasteiger partial charge in [0.15, 0.2) is 0 Å². The fraction of sp³-hybridized carbons (Fsp3) is 0.571. The number of rotatable bonds is 7. The van der Waals surface area contributed by atoms with Crippen molar-refractivity contribution < 1.29 is 22.8 Å². The number of alkyl halides is 3. The van der Waals surface area contributed by atoms with Crippen LogP contribution >= 0.6 is 0 Å². The molecule has 0 aliphatic carbocycles. The second-order valence-corrected chi connectivity index (χ2v) is 11.3. The van der Waals surface area contributed by atoms with Gasteiger partial charge in [-0.3, -0.25) is 9.69 Å². The third-order valence-corrected chi connectivity index (χ3v) is 7.12. The second-order valence-electron chi connectivity index (χ2n) is 11.3. The molecule has 2 aromatic rings. The van der Waals surface area contributed by atoms with Gasteiger partial charge < -0.3 is 20.0 Å². The van der Waals surface area contributed by atoms with Gasteiger partial charge in [0, 0.05) is 63.0 Å². The number of nitrogens with one attached hydrogen (secondary N) is 1. The van der Waals surface area contributed by atoms with Gasteiger partial charge in [-0.05, 0) is 31.5 Å². The predicted molar refractivity (Wildman–Crippen MR) is 147 cm³/mol. The third kappa shape index (κ3) is 7.61. The monoisotopic (exact) mass is 561 g/mol. The highest BCUT2D eigenvalue weighted by atomic mass is 19.4. The molecular weight excluding hydrogens is 523 g/mol. The predicted octanol–water partition coefficient (Wildman–Crippen LogP) is 3.75. The average molecular weight is 562 g/mol. The van der Waals surface area contributed by atoms with Gasteiger partial charge in [-0.15, -0.1) is 0 Å². The van der Waals surface area contributed by atoms with Gasteiger partial charge in [0.25, 0.3) is 0 Å². The van der Waals surface area contributed by atoms with E-state index in [2.05, 4.69) is 20.2 Å². The first kappa shape index (κ1) is 29.6. The number of benzene rings is 1. The Morgan fingerprint density at radius 1 is 0.950 bits per heavy atom. The summed E-state index contributed by atoms with van der Waals surface area (Å²) in [5, 5.41) is 2.91. The van der Waals surface area contributed by atoms with Gasteiger partial charge in [0.2, 0.25) is 5.91 Å². The number of urea groups is 1. The molecule has 2 aliphatic rings. The number of nitrogens with zero attached hydrogens (tertiary/aromatic N) is 6. The first-order valence-corrected chi connectivity index (χ1v) is 13.7. The first-order valence-electron chi connectivity index (χ1n) is 13.7. The normalized spacial score (nSPS) is 17.4. The van der Waals surface area contributed by atoms with Crippen LogP contribution in [0.2, 0.25) is 0 Å². The number of piperazine rings is 2. The van der Waals surface area contributed by atoms with Crippen molar-refractivity contribution in [2.45, 2.75) is 45.2 Å². The maximum atomic E-state index is 13.5. The number of para-hydroxylation sites is 1. The van der Waals surface area contributed by atoms with Crippen molar-refractivity contribution in [1.29, 1.82) is 0 Å². The molecule has 0 unspecified atom stereocenters. The molecule has 0 bridgehead atoms. The third-order valence-electron chi connectivity index (χ3n) is 7.12. The molecule has 2 aliphatic heterocycles. The summed E-state index contributed by atoms with van der Waals surface area (Å²) in [5.74, 6) is 0.403. The number of carbonyl (C=O) groups is 2. The molecule has 218 valence electrons. The van der Waals surface area contributed by atoms with Crippen molar-refractivity contribution in [3.05, 3.63) is 47.9 Å². The smallest absolute Gasteiger partial charge is 0.354 e. The number of anilines is 2. The average Bonchev–Trinajstić information content (AvgIpc) is 2.92. The summed E-state index contributed by atoms with van der Waals surface area (Å²) < 4.78 is 40.4. The zero-order valence-corrected chi connectivity index (χ0v) is 23.4. The van der Waals surface area contributed by atoms with E-state index in [1.807, 2.05) is 35.2 Å². The van der Waals surface area contributed by atoms with Gasteiger partial charge >= 0.3 is 12.2 Å². The minimum atomic E-state index is -4.53. The summed E-state index contributed by atoms with van der Waals surface area (Å²) in [5.41, 5.74) is -0.667. The molecule has 1 aromatic carbocycles. The van der Waals surface area contributed by atoms with E-state index in [1.54, 1.807) is 30.6 Å². The summed E-state index contributed by atoms with van der Waals surface area (Å²) in [6.45, 7) is 10.4. The Bertz CT molecular complexity index is 1130. The number of halogens is 3. The molecule has 4 rings (SSSR count). The zero-order valence-electron chi connectivity index (χ0n) is 23.4. The SMILES string of the molecule is CC(C)(C)c1nc(N2CCN(CCCCNC(=O)N3CCN(c4ccccc4)C(=O)C3)CC2)cc(C(F)(F)F)n1. The molecule has 2 saturated heterocycles. The first-order chi connectivity index (χ1) is 18.9. The van der Waals surface area contributed by atoms with Crippen molar-refractivity contribution >= 4 is 23.4 Å². The number of hydrogen-bond acceptors (Lipinski definition) is 6. The minimum Gasteiger partial charge on any atom is -0.354 e. The standard InChI is InChI=1S/C28H38F3N7O2/c1-27(2,3)25-33-22(28(29,30)31)19-23(34-25)36-15-13-35(14-16-36)12-8-7-11-32-26(40)37-17-18-38(24(39)20-37)21-9-5-4-6-10-21/h4-6,9-10,19H,7-8,11-18,20H2,1-3H3,(H,32,40). The lowest BCUT2D eigenvalue weighted by Crippen LogP contribution is -2.55. The molecular formula is C28H38F3N7O2. The summed E-state index contributed by atoms with van der Waals surface area (Å²) in [6, 6.07) is 10.3. The Labute approximate surface area is 233 Å². The van der Waals surface area contributed by atoms with Crippen molar-refractivity contribution in [1.82, 2.24) is 25.1 Å². The van der Waals surface area contributed by atoms with Crippen molar-refractivity contribution in [2.75, 3.05) is 68.7 Å². The molecule has 3 amide bonds. The lowest BCUT2D eigenvalue weighted by molar-refractivity contribution is -0.141. The summed E-state index contributed by atoms with van der Waals surface area (Å²) in [6.07, 6.45) is -2.86. The summed E-state index contributed by atoms with van der Waals surface area (Å²) in [4.78, 5) is 40.7. The minimum absolute atomic E-state index is 0.0546. The van der Waals surface area contributed by atoms with E-state index in [-0.39, 0.29) is 24.3 Å². The van der Waals surface area contributed by atoms with E-state index in [0.29, 0.717) is 38.5 Å². The van der Waals surface area contributed by atoms with E-state index >= 15 is 0 Å². The van der Waals surface area contributed by atoms with Crippen molar-refractivity contribution in [2.24, 2.45) is 0 Å². The topological polar surface area (TPSA) is 84.9 Å². The highest BCUT2D eigenvalue weighted by Gasteiger charge is 2.36. The Balaban J connectivity index is 1.17. The van der Waals surface area contributed by atoms with Crippen LogP contribution in [0.5, 0.6) is 0 Å². The van der Waals surface area contributed by atoms with Crippen molar-refractivity contribution in [3.63, 3.8) is 0 Å². The lowest BCUT2D eigenvalue weighted by atomic mass is 9.95. The van der Waals surface area contributed by atoms with Crippen LogP contribution < -0.4 is 15.1 Å². The maximum Gasteiger partial charge on any atom is 0.433 e. The van der Waals surface area contributed by atoms with Crippen LogP contribution in [-0.4, -0.2) is 90.6 Å². The number of aromatic nitrogens is 2. The van der Waals surface area contributed by atoms with Crippen LogP contribution in [0.3, 0.4) is 0 Å². The van der Waals surface area contributed by atoms with E-state index < -0.39 is 17.3 Å². The van der Waals surface area contributed by atoms with E-state index in [4.69, 9.17) is 0 Å². The molecule has 9 nitrogen and oxygen atoms in total. The fourth-order valence-corrected chi connectivity index (χ4v) is 4.77. The van der Waals surface area contributed by atoms with E-state index in [0.717, 1.165) is 44.2 Å². The Morgan fingerprint density at radius 2 is 1.65 bits per heavy atom. The number of carbonyl (C=O) groups excluding carboxylic acids is 2. The Hall–Kier alpha value is -3.41. The van der Waals surface area contributed by atoms with Gasteiger partial charge in [-0.1, -0.05) is 39.0 Å². The number of hydrogen-bond donors (Lipinski definition) is 1. The van der Waals surface area contributed by atoms with Crippen molar-refractivity contribution in [3.8, 4) is 0 Å². The highest BCUT2D eigenvalue weighted by Crippen LogP contribution is 2.32. The summed E-state index contributed by atoms with van der Waals surface area (Å²) in [7, 11) is 0. The Kier molecular flexibility index (Phi) is 9.17. The van der Waals surface area contributed by atoms with E-state index in [1.165, 1.54) is 0 Å². The van der Waals surface area contributed by atoms with Gasteiger partial charge in [0.1, 0.15) is 23.9 Å². The molecule has 2 fully saturated rings. The molecule has 0 saturated carbocycles. The molecule has 40 heavy (non-hydrogen) atoms. The second kappa shape index (κ2) is 12.4. The van der Waals surface area contributed by atoms with Crippen LogP contribution in [0.1, 0.15) is 45.1 Å². The summed E-state index contributed by atoms with van der Waals surface area (Å²) >= 11 is 0. The largest absolute Gasteiger partial charge is 0.433 e. The van der Waals surface area contributed by atoms with Gasteiger partial charge in [0.05, 0.1) is 0 Å². The quantitative estimate of drug-likeness (QED) is 0.519. The van der Waals surface area contributed by atoms with Crippen LogP contribution in [0, 0.1) is 0 Å². The highest BCUT2D eigenvalue weighted by molar-refractivity contribution is 5.97. The van der Waals surface area contributed by atoms with Crippen LogP contribution in [-0.2, 0) is 16.4 Å². The molecule has 0 spiro atoms. The van der Waals surface area contributed by atoms with Crippen LogP contribution in [0.4, 0.5) is 29.5 Å². The molecule has 0 atom stereocenters. The zero-order chi connectivity index (χ0) is 28.9. The molecule has 1 N–H and O–H groups in total. The number of unbranched alkanes of at least 4 members (excludes halogenated alkanes) is 1.